The van der Waals surface area contributed by atoms with Gasteiger partial charge in [0.15, 0.2) is 0 Å². The highest BCUT2D eigenvalue weighted by atomic mass is 32.1. The molecule has 3 aromatic heterocycles. The number of nitrogens with zero attached hydrogens (tertiary/aromatic N) is 3. The maximum Gasteiger partial charge on any atom is 0.271 e. The zero-order valence-corrected chi connectivity index (χ0v) is 18.8. The van der Waals surface area contributed by atoms with E-state index in [9.17, 15) is 9.59 Å². The van der Waals surface area contributed by atoms with E-state index in [1.807, 2.05) is 49.4 Å². The molecule has 0 radical (unpaired) electrons. The standard InChI is InChI=1S/C25H20N4O3S/c1-15-12-17(16-8-4-3-5-9-16)21-22-23(33-24(21)27-15)25(31)29(14-26-22)13-20(30)28-18-10-6-7-11-19(18)32-2/h3-12,14H,13H2,1-2H3,(H,28,30). The number of methoxy groups -OCH3 is 1. The number of para-hydroxylation sites is 2. The summed E-state index contributed by atoms with van der Waals surface area (Å²) in [5.74, 6) is 0.203. The summed E-state index contributed by atoms with van der Waals surface area (Å²) in [6.07, 6.45) is 1.42. The highest BCUT2D eigenvalue weighted by molar-refractivity contribution is 7.25. The first kappa shape index (κ1) is 20.8. The molecule has 0 unspecified atom stereocenters. The van der Waals surface area contributed by atoms with Crippen LogP contribution in [-0.2, 0) is 11.3 Å². The number of aryl methyl sites for hydroxylation is 1. The fraction of sp³-hybridized carbons (Fsp3) is 0.120. The SMILES string of the molecule is COc1ccccc1NC(=O)Cn1cnc2c(sc3nc(C)cc(-c4ccccc4)c32)c1=O. The molecular weight excluding hydrogens is 436 g/mol. The molecule has 0 atom stereocenters. The number of nitrogens with one attached hydrogen (secondary N) is 1. The van der Waals surface area contributed by atoms with Crippen molar-refractivity contribution < 1.29 is 9.53 Å². The van der Waals surface area contributed by atoms with Crippen molar-refractivity contribution >= 4 is 43.4 Å². The number of amides is 1. The number of fused-ring (bicyclic) bond motifs is 3. The van der Waals surface area contributed by atoms with E-state index in [0.717, 1.165) is 27.0 Å². The fourth-order valence-electron chi connectivity index (χ4n) is 3.83. The van der Waals surface area contributed by atoms with Gasteiger partial charge in [-0.05, 0) is 36.2 Å². The first-order valence-electron chi connectivity index (χ1n) is 10.3. The van der Waals surface area contributed by atoms with Crippen molar-refractivity contribution in [1.29, 1.82) is 0 Å². The van der Waals surface area contributed by atoms with E-state index >= 15 is 0 Å². The highest BCUT2D eigenvalue weighted by Gasteiger charge is 2.18. The molecule has 5 rings (SSSR count). The number of rotatable bonds is 5. The molecule has 0 saturated carbocycles. The largest absolute Gasteiger partial charge is 0.495 e. The fourth-order valence-corrected chi connectivity index (χ4v) is 4.98. The summed E-state index contributed by atoms with van der Waals surface area (Å²) < 4.78 is 7.06. The molecular formula is C25H20N4O3S. The summed E-state index contributed by atoms with van der Waals surface area (Å²) in [7, 11) is 1.54. The van der Waals surface area contributed by atoms with E-state index in [1.54, 1.807) is 18.2 Å². The quantitative estimate of drug-likeness (QED) is 0.417. The summed E-state index contributed by atoms with van der Waals surface area (Å²) >= 11 is 1.30. The lowest BCUT2D eigenvalue weighted by atomic mass is 10.0. The summed E-state index contributed by atoms with van der Waals surface area (Å²) in [6, 6.07) is 19.1. The molecule has 0 aliphatic heterocycles. The van der Waals surface area contributed by atoms with Gasteiger partial charge < -0.3 is 10.1 Å². The molecule has 0 spiro atoms. The average molecular weight is 457 g/mol. The summed E-state index contributed by atoms with van der Waals surface area (Å²) in [5, 5.41) is 3.65. The van der Waals surface area contributed by atoms with E-state index in [2.05, 4.69) is 15.3 Å². The maximum atomic E-state index is 13.2. The second-order valence-corrected chi connectivity index (χ2v) is 8.56. The molecule has 0 aliphatic rings. The Bertz CT molecular complexity index is 1560. The number of hydrogen-bond donors (Lipinski definition) is 1. The number of pyridine rings is 1. The van der Waals surface area contributed by atoms with Gasteiger partial charge in [-0.25, -0.2) is 9.97 Å². The van der Waals surface area contributed by atoms with Gasteiger partial charge in [0, 0.05) is 11.1 Å². The van der Waals surface area contributed by atoms with Crippen LogP contribution in [0.1, 0.15) is 5.69 Å². The lowest BCUT2D eigenvalue weighted by Gasteiger charge is -2.10. The number of carbonyl (C=O) groups excluding carboxylic acids is 1. The van der Waals surface area contributed by atoms with Crippen molar-refractivity contribution in [3.63, 3.8) is 0 Å². The molecule has 1 N–H and O–H groups in total. The van der Waals surface area contributed by atoms with Crippen LogP contribution in [0.3, 0.4) is 0 Å². The molecule has 164 valence electrons. The Hall–Kier alpha value is -4.04. The van der Waals surface area contributed by atoms with Gasteiger partial charge in [-0.3, -0.25) is 14.2 Å². The van der Waals surface area contributed by atoms with Crippen molar-refractivity contribution in [2.24, 2.45) is 0 Å². The summed E-state index contributed by atoms with van der Waals surface area (Å²) in [5.41, 5.74) is 3.77. The lowest BCUT2D eigenvalue weighted by molar-refractivity contribution is -0.116. The normalized spacial score (nSPS) is 11.1. The molecule has 0 saturated heterocycles. The van der Waals surface area contributed by atoms with Gasteiger partial charge >= 0.3 is 0 Å². The molecule has 8 heteroatoms. The van der Waals surface area contributed by atoms with E-state index in [1.165, 1.54) is 29.3 Å². The molecule has 3 heterocycles. The Kier molecular flexibility index (Phi) is 5.35. The van der Waals surface area contributed by atoms with Gasteiger partial charge in [0.1, 0.15) is 21.8 Å². The van der Waals surface area contributed by atoms with Gasteiger partial charge in [-0.2, -0.15) is 0 Å². The van der Waals surface area contributed by atoms with Crippen LogP contribution >= 0.6 is 11.3 Å². The van der Waals surface area contributed by atoms with Crippen LogP contribution in [0, 0.1) is 6.92 Å². The van der Waals surface area contributed by atoms with Crippen LogP contribution in [0.5, 0.6) is 5.75 Å². The Balaban J connectivity index is 1.55. The first-order valence-corrected chi connectivity index (χ1v) is 11.1. The maximum absolute atomic E-state index is 13.2. The van der Waals surface area contributed by atoms with Gasteiger partial charge in [0.2, 0.25) is 5.91 Å². The van der Waals surface area contributed by atoms with E-state index in [4.69, 9.17) is 4.74 Å². The summed E-state index contributed by atoms with van der Waals surface area (Å²) in [4.78, 5) is 35.8. The van der Waals surface area contributed by atoms with Crippen molar-refractivity contribution in [2.75, 3.05) is 12.4 Å². The molecule has 7 nitrogen and oxygen atoms in total. The van der Waals surface area contributed by atoms with Crippen LogP contribution in [0.4, 0.5) is 5.69 Å². The first-order chi connectivity index (χ1) is 16.0. The minimum atomic E-state index is -0.345. The minimum absolute atomic E-state index is 0.161. The number of ether oxygens (including phenoxy) is 1. The number of aromatic nitrogens is 3. The molecule has 1 amide bonds. The van der Waals surface area contributed by atoms with Crippen LogP contribution in [-0.4, -0.2) is 27.6 Å². The van der Waals surface area contributed by atoms with E-state index in [0.29, 0.717) is 21.7 Å². The van der Waals surface area contributed by atoms with Crippen molar-refractivity contribution in [3.05, 3.63) is 83.0 Å². The zero-order valence-electron chi connectivity index (χ0n) is 18.0. The van der Waals surface area contributed by atoms with Crippen LogP contribution in [0.15, 0.2) is 71.8 Å². The predicted molar refractivity (Wildman–Crippen MR) is 131 cm³/mol. The molecule has 0 fully saturated rings. The smallest absolute Gasteiger partial charge is 0.271 e. The number of hydrogen-bond acceptors (Lipinski definition) is 6. The number of carbonyl (C=O) groups is 1. The Morgan fingerprint density at radius 2 is 1.88 bits per heavy atom. The third-order valence-electron chi connectivity index (χ3n) is 5.33. The van der Waals surface area contributed by atoms with Crippen molar-refractivity contribution in [1.82, 2.24) is 14.5 Å². The molecule has 0 aliphatic carbocycles. The molecule has 0 bridgehead atoms. The number of benzene rings is 2. The second kappa shape index (κ2) is 8.48. The van der Waals surface area contributed by atoms with Crippen molar-refractivity contribution in [3.8, 4) is 16.9 Å². The van der Waals surface area contributed by atoms with Crippen LogP contribution in [0.25, 0.3) is 31.6 Å². The molecule has 5 aromatic rings. The highest BCUT2D eigenvalue weighted by Crippen LogP contribution is 2.37. The second-order valence-electron chi connectivity index (χ2n) is 7.56. The zero-order chi connectivity index (χ0) is 22.9. The topological polar surface area (TPSA) is 86.1 Å². The summed E-state index contributed by atoms with van der Waals surface area (Å²) in [6.45, 7) is 1.77. The van der Waals surface area contributed by atoms with Gasteiger partial charge in [0.05, 0.1) is 24.6 Å². The van der Waals surface area contributed by atoms with Gasteiger partial charge in [-0.1, -0.05) is 42.5 Å². The van der Waals surface area contributed by atoms with Gasteiger partial charge in [0.25, 0.3) is 5.56 Å². The van der Waals surface area contributed by atoms with Crippen molar-refractivity contribution in [2.45, 2.75) is 13.5 Å². The molecule has 33 heavy (non-hydrogen) atoms. The van der Waals surface area contributed by atoms with Gasteiger partial charge in [-0.15, -0.1) is 11.3 Å². The Morgan fingerprint density at radius 1 is 1.12 bits per heavy atom. The Morgan fingerprint density at radius 3 is 2.67 bits per heavy atom. The number of anilines is 1. The number of thiophene rings is 1. The van der Waals surface area contributed by atoms with Crippen LogP contribution in [0.2, 0.25) is 0 Å². The lowest BCUT2D eigenvalue weighted by Crippen LogP contribution is -2.27. The Labute approximate surface area is 193 Å². The van der Waals surface area contributed by atoms with Crippen LogP contribution < -0.4 is 15.6 Å². The third-order valence-corrected chi connectivity index (χ3v) is 6.39. The average Bonchev–Trinajstić information content (AvgIpc) is 3.20. The van der Waals surface area contributed by atoms with E-state index in [-0.39, 0.29) is 18.0 Å². The minimum Gasteiger partial charge on any atom is -0.495 e. The third kappa shape index (κ3) is 3.85. The van der Waals surface area contributed by atoms with E-state index < -0.39 is 0 Å². The monoisotopic (exact) mass is 456 g/mol. The molecule has 2 aromatic carbocycles. The predicted octanol–water partition coefficient (Wildman–Crippen LogP) is 4.63.